The third-order valence-corrected chi connectivity index (χ3v) is 1.47. The minimum atomic E-state index is -0.539. The largest absolute Gasteiger partial charge is 0.358 e. The van der Waals surface area contributed by atoms with Crippen LogP contribution >= 0.6 is 11.8 Å². The highest BCUT2D eigenvalue weighted by atomic mass is 35.5. The maximum Gasteiger partial charge on any atom is 0.358 e. The standard InChI is InChI=1S/C4H7ClN2O2/c5-6-2-1-3-7(9)4(6)8/h9H,1-3H2. The number of rotatable bonds is 0. The summed E-state index contributed by atoms with van der Waals surface area (Å²) in [5, 5.41) is 9.31. The van der Waals surface area contributed by atoms with Gasteiger partial charge in [-0.15, -0.1) is 0 Å². The average Bonchev–Trinajstić information content (AvgIpc) is 1.83. The van der Waals surface area contributed by atoms with E-state index >= 15 is 0 Å². The summed E-state index contributed by atoms with van der Waals surface area (Å²) in [6.45, 7) is 0.888. The topological polar surface area (TPSA) is 43.8 Å². The predicted octanol–water partition coefficient (Wildman–Crippen LogP) is 0.657. The summed E-state index contributed by atoms with van der Waals surface area (Å²) in [6, 6.07) is -0.539. The van der Waals surface area contributed by atoms with Crippen LogP contribution in [0.1, 0.15) is 6.42 Å². The van der Waals surface area contributed by atoms with Crippen LogP contribution in [0.3, 0.4) is 0 Å². The molecule has 1 N–H and O–H groups in total. The van der Waals surface area contributed by atoms with Gasteiger partial charge >= 0.3 is 6.03 Å². The molecule has 1 aliphatic rings. The zero-order chi connectivity index (χ0) is 6.85. The van der Waals surface area contributed by atoms with Crippen molar-refractivity contribution in [3.8, 4) is 0 Å². The van der Waals surface area contributed by atoms with Crippen molar-refractivity contribution >= 4 is 17.8 Å². The van der Waals surface area contributed by atoms with Crippen LogP contribution in [-0.4, -0.2) is 33.8 Å². The first-order valence-corrected chi connectivity index (χ1v) is 2.99. The van der Waals surface area contributed by atoms with E-state index in [4.69, 9.17) is 17.0 Å². The second kappa shape index (κ2) is 2.41. The molecule has 0 radical (unpaired) electrons. The van der Waals surface area contributed by atoms with Gasteiger partial charge in [-0.3, -0.25) is 5.21 Å². The lowest BCUT2D eigenvalue weighted by Crippen LogP contribution is -2.42. The van der Waals surface area contributed by atoms with Gasteiger partial charge in [-0.25, -0.2) is 14.3 Å². The molecule has 4 nitrogen and oxygen atoms in total. The molecule has 0 aliphatic carbocycles. The van der Waals surface area contributed by atoms with Crippen LogP contribution in [0.5, 0.6) is 0 Å². The minimum absolute atomic E-state index is 0.377. The van der Waals surface area contributed by atoms with E-state index in [1.165, 1.54) is 0 Å². The van der Waals surface area contributed by atoms with Crippen LogP contribution in [0.25, 0.3) is 0 Å². The van der Waals surface area contributed by atoms with Crippen LogP contribution < -0.4 is 0 Å². The lowest BCUT2D eigenvalue weighted by molar-refractivity contribution is -0.0617. The van der Waals surface area contributed by atoms with Gasteiger partial charge in [0.15, 0.2) is 0 Å². The van der Waals surface area contributed by atoms with Gasteiger partial charge in [0.1, 0.15) is 0 Å². The summed E-state index contributed by atoms with van der Waals surface area (Å²) >= 11 is 5.34. The van der Waals surface area contributed by atoms with Crippen molar-refractivity contribution in [1.82, 2.24) is 9.48 Å². The van der Waals surface area contributed by atoms with Crippen molar-refractivity contribution < 1.29 is 10.0 Å². The molecule has 0 aromatic rings. The highest BCUT2D eigenvalue weighted by Gasteiger charge is 2.22. The number of hydrogen-bond acceptors (Lipinski definition) is 2. The van der Waals surface area contributed by atoms with E-state index in [9.17, 15) is 4.79 Å². The highest BCUT2D eigenvalue weighted by molar-refractivity contribution is 6.20. The molecule has 5 heteroatoms. The Bertz CT molecular complexity index is 118. The van der Waals surface area contributed by atoms with E-state index in [1.807, 2.05) is 0 Å². The molecule has 0 bridgehead atoms. The van der Waals surface area contributed by atoms with Gasteiger partial charge < -0.3 is 0 Å². The molecular weight excluding hydrogens is 144 g/mol. The number of carbonyl (C=O) groups excluding carboxylic acids is 1. The maximum atomic E-state index is 10.6. The number of carbonyl (C=O) groups is 1. The molecule has 1 fully saturated rings. The van der Waals surface area contributed by atoms with E-state index in [1.54, 1.807) is 0 Å². The number of hydrogen-bond donors (Lipinski definition) is 1. The Labute approximate surface area is 57.7 Å². The summed E-state index contributed by atoms with van der Waals surface area (Å²) in [5.41, 5.74) is 0. The Morgan fingerprint density at radius 3 is 2.67 bits per heavy atom. The molecule has 0 spiro atoms. The molecule has 52 valence electrons. The quantitative estimate of drug-likeness (QED) is 0.407. The van der Waals surface area contributed by atoms with E-state index < -0.39 is 6.03 Å². The normalized spacial score (nSPS) is 20.9. The van der Waals surface area contributed by atoms with Gasteiger partial charge in [0.2, 0.25) is 0 Å². The average molecular weight is 151 g/mol. The number of hydroxylamine groups is 2. The van der Waals surface area contributed by atoms with E-state index in [0.29, 0.717) is 24.6 Å². The molecular formula is C4H7ClN2O2. The van der Waals surface area contributed by atoms with Crippen molar-refractivity contribution in [3.05, 3.63) is 0 Å². The Balaban J connectivity index is 2.52. The third-order valence-electron chi connectivity index (χ3n) is 1.15. The van der Waals surface area contributed by atoms with Crippen LogP contribution in [0, 0.1) is 0 Å². The van der Waals surface area contributed by atoms with Crippen LogP contribution in [0.4, 0.5) is 4.79 Å². The lowest BCUT2D eigenvalue weighted by Gasteiger charge is -2.25. The van der Waals surface area contributed by atoms with E-state index in [-0.39, 0.29) is 0 Å². The monoisotopic (exact) mass is 150 g/mol. The first-order valence-electron chi connectivity index (χ1n) is 2.65. The molecule has 0 saturated carbocycles. The minimum Gasteiger partial charge on any atom is -0.284 e. The second-order valence-corrected chi connectivity index (χ2v) is 2.25. The number of urea groups is 1. The van der Waals surface area contributed by atoms with Crippen LogP contribution in [0.15, 0.2) is 0 Å². The molecule has 0 aromatic carbocycles. The van der Waals surface area contributed by atoms with Crippen molar-refractivity contribution in [1.29, 1.82) is 0 Å². The van der Waals surface area contributed by atoms with Gasteiger partial charge in [0, 0.05) is 18.3 Å². The maximum absolute atomic E-state index is 10.6. The first kappa shape index (κ1) is 6.64. The fourth-order valence-corrected chi connectivity index (χ4v) is 0.883. The Morgan fingerprint density at radius 1 is 1.56 bits per heavy atom. The lowest BCUT2D eigenvalue weighted by atomic mass is 10.4. The molecule has 0 unspecified atom stereocenters. The fraction of sp³-hybridized carbons (Fsp3) is 0.750. The molecule has 0 aromatic heterocycles. The Hall–Kier alpha value is -0.480. The number of nitrogens with zero attached hydrogens (tertiary/aromatic N) is 2. The predicted molar refractivity (Wildman–Crippen MR) is 31.1 cm³/mol. The van der Waals surface area contributed by atoms with Crippen molar-refractivity contribution in [2.75, 3.05) is 13.1 Å². The zero-order valence-electron chi connectivity index (χ0n) is 4.75. The summed E-state index contributed by atoms with van der Waals surface area (Å²) < 4.78 is 0.962. The second-order valence-electron chi connectivity index (χ2n) is 1.85. The van der Waals surface area contributed by atoms with Gasteiger partial charge in [-0.1, -0.05) is 0 Å². The number of halogens is 1. The summed E-state index contributed by atoms with van der Waals surface area (Å²) in [5.74, 6) is 0. The van der Waals surface area contributed by atoms with Gasteiger partial charge in [-0.2, -0.15) is 0 Å². The zero-order valence-corrected chi connectivity index (χ0v) is 5.51. The molecule has 2 amide bonds. The third kappa shape index (κ3) is 1.25. The van der Waals surface area contributed by atoms with Crippen LogP contribution in [0.2, 0.25) is 0 Å². The van der Waals surface area contributed by atoms with Crippen molar-refractivity contribution in [2.24, 2.45) is 0 Å². The Morgan fingerprint density at radius 2 is 2.22 bits per heavy atom. The molecule has 1 aliphatic heterocycles. The van der Waals surface area contributed by atoms with Crippen LogP contribution in [-0.2, 0) is 0 Å². The first-order chi connectivity index (χ1) is 4.22. The number of amides is 2. The molecule has 0 atom stereocenters. The van der Waals surface area contributed by atoms with E-state index in [0.717, 1.165) is 4.42 Å². The van der Waals surface area contributed by atoms with E-state index in [2.05, 4.69) is 0 Å². The summed E-state index contributed by atoms with van der Waals surface area (Å²) in [7, 11) is 0. The molecule has 1 rings (SSSR count). The van der Waals surface area contributed by atoms with Gasteiger partial charge in [-0.05, 0) is 6.42 Å². The molecule has 1 heterocycles. The van der Waals surface area contributed by atoms with Gasteiger partial charge in [0.25, 0.3) is 0 Å². The summed E-state index contributed by atoms with van der Waals surface area (Å²) in [6.07, 6.45) is 0.714. The smallest absolute Gasteiger partial charge is 0.284 e. The molecule has 1 saturated heterocycles. The Kier molecular flexibility index (Phi) is 1.78. The highest BCUT2D eigenvalue weighted by Crippen LogP contribution is 2.07. The van der Waals surface area contributed by atoms with Gasteiger partial charge in [0.05, 0.1) is 6.54 Å². The fourth-order valence-electron chi connectivity index (χ4n) is 0.676. The molecule has 9 heavy (non-hydrogen) atoms. The summed E-state index contributed by atoms with van der Waals surface area (Å²) in [4.78, 5) is 10.6. The van der Waals surface area contributed by atoms with Crippen molar-refractivity contribution in [3.63, 3.8) is 0 Å². The van der Waals surface area contributed by atoms with Crippen molar-refractivity contribution in [2.45, 2.75) is 6.42 Å². The SMILES string of the molecule is O=C1N(O)CCCN1Cl.